The summed E-state index contributed by atoms with van der Waals surface area (Å²) in [6.45, 7) is 2.41. The first-order valence-corrected chi connectivity index (χ1v) is 11.3. The number of ether oxygens (including phenoxy) is 2. The average molecular weight is 450 g/mol. The van der Waals surface area contributed by atoms with E-state index in [1.807, 2.05) is 35.2 Å². The van der Waals surface area contributed by atoms with Gasteiger partial charge in [0.2, 0.25) is 5.91 Å². The highest BCUT2D eigenvalue weighted by atomic mass is 32.2. The normalized spacial score (nSPS) is 18.2. The Morgan fingerprint density at radius 1 is 1.25 bits per heavy atom. The van der Waals surface area contributed by atoms with Crippen molar-refractivity contribution in [1.82, 2.24) is 4.90 Å². The third-order valence-corrected chi connectivity index (χ3v) is 6.69. The van der Waals surface area contributed by atoms with Gasteiger partial charge in [-0.25, -0.2) is 4.79 Å². The minimum absolute atomic E-state index is 0.0291. The number of fused-ring (bicyclic) bond motifs is 1. The van der Waals surface area contributed by atoms with Crippen LogP contribution in [0, 0.1) is 11.3 Å². The first-order chi connectivity index (χ1) is 15.5. The maximum atomic E-state index is 13.1. The number of carbonyl (C=O) groups excluding carboxylic acids is 2. The molecule has 4 rings (SSSR count). The summed E-state index contributed by atoms with van der Waals surface area (Å²) in [6, 6.07) is 17.0. The summed E-state index contributed by atoms with van der Waals surface area (Å²) >= 11 is 1.46. The first-order valence-electron chi connectivity index (χ1n) is 10.3. The summed E-state index contributed by atoms with van der Waals surface area (Å²) in [5.41, 5.74) is 2.83. The molecule has 32 heavy (non-hydrogen) atoms. The van der Waals surface area contributed by atoms with Crippen LogP contribution in [0.5, 0.6) is 5.75 Å². The van der Waals surface area contributed by atoms with E-state index < -0.39 is 0 Å². The Kier molecular flexibility index (Phi) is 6.37. The van der Waals surface area contributed by atoms with E-state index in [1.54, 1.807) is 37.1 Å². The van der Waals surface area contributed by atoms with Crippen molar-refractivity contribution in [3.63, 3.8) is 0 Å². The fourth-order valence-corrected chi connectivity index (χ4v) is 5.06. The van der Waals surface area contributed by atoms with Gasteiger partial charge in [-0.1, -0.05) is 30.0 Å². The molecule has 0 aromatic heterocycles. The number of esters is 1. The Balaban J connectivity index is 1.60. The van der Waals surface area contributed by atoms with E-state index in [4.69, 9.17) is 9.47 Å². The fourth-order valence-electron chi connectivity index (χ4n) is 3.89. The second-order valence-electron chi connectivity index (χ2n) is 7.41. The summed E-state index contributed by atoms with van der Waals surface area (Å²) in [6.07, 6.45) is 0.232. The van der Waals surface area contributed by atoms with Crippen LogP contribution in [0.3, 0.4) is 0 Å². The standard InChI is InChI=1S/C24H23N3O4S/c1-3-31-24(29)17-5-4-6-18(11-17)26-14-27-22(28)12-20(21(13-25)23(27)32-15-26)16-7-9-19(30-2)10-8-16/h4-11,20H,3,12,14-15H2,1-2H3. The number of anilines is 1. The van der Waals surface area contributed by atoms with Crippen molar-refractivity contribution in [3.05, 3.63) is 70.3 Å². The second-order valence-corrected chi connectivity index (χ2v) is 8.34. The van der Waals surface area contributed by atoms with Crippen molar-refractivity contribution in [2.75, 3.05) is 31.2 Å². The zero-order chi connectivity index (χ0) is 22.7. The predicted molar refractivity (Wildman–Crippen MR) is 122 cm³/mol. The number of nitrogens with zero attached hydrogens (tertiary/aromatic N) is 3. The molecule has 1 saturated heterocycles. The van der Waals surface area contributed by atoms with Gasteiger partial charge in [0.1, 0.15) is 5.75 Å². The summed E-state index contributed by atoms with van der Waals surface area (Å²) in [7, 11) is 1.60. The summed E-state index contributed by atoms with van der Waals surface area (Å²) < 4.78 is 10.3. The number of hydrogen-bond acceptors (Lipinski definition) is 7. The smallest absolute Gasteiger partial charge is 0.338 e. The quantitative estimate of drug-likeness (QED) is 0.636. The lowest BCUT2D eigenvalue weighted by Crippen LogP contribution is -2.47. The second kappa shape index (κ2) is 9.37. The van der Waals surface area contributed by atoms with Crippen LogP contribution in [-0.2, 0) is 9.53 Å². The van der Waals surface area contributed by atoms with E-state index >= 15 is 0 Å². The molecule has 1 amide bonds. The topological polar surface area (TPSA) is 82.9 Å². The molecular weight excluding hydrogens is 426 g/mol. The molecule has 0 bridgehead atoms. The lowest BCUT2D eigenvalue weighted by atomic mass is 9.86. The van der Waals surface area contributed by atoms with Crippen LogP contribution in [-0.4, -0.2) is 43.0 Å². The van der Waals surface area contributed by atoms with Gasteiger partial charge in [-0.15, -0.1) is 0 Å². The summed E-state index contributed by atoms with van der Waals surface area (Å²) in [5, 5.41) is 10.6. The van der Waals surface area contributed by atoms with Crippen LogP contribution >= 0.6 is 11.8 Å². The largest absolute Gasteiger partial charge is 0.497 e. The zero-order valence-corrected chi connectivity index (χ0v) is 18.7. The molecule has 2 aromatic carbocycles. The summed E-state index contributed by atoms with van der Waals surface area (Å²) in [5.74, 6) is 0.625. The Labute approximate surface area is 191 Å². The molecule has 2 aliphatic heterocycles. The van der Waals surface area contributed by atoms with Gasteiger partial charge in [-0.05, 0) is 42.8 Å². The molecule has 0 N–H and O–H groups in total. The molecule has 0 saturated carbocycles. The van der Waals surface area contributed by atoms with Crippen molar-refractivity contribution < 1.29 is 19.1 Å². The predicted octanol–water partition coefficient (Wildman–Crippen LogP) is 4.09. The number of thioether (sulfide) groups is 1. The Morgan fingerprint density at radius 3 is 2.72 bits per heavy atom. The lowest BCUT2D eigenvalue weighted by molar-refractivity contribution is -0.129. The van der Waals surface area contributed by atoms with Crippen molar-refractivity contribution in [2.24, 2.45) is 0 Å². The van der Waals surface area contributed by atoms with Gasteiger partial charge in [0.05, 0.1) is 48.5 Å². The van der Waals surface area contributed by atoms with E-state index in [1.165, 1.54) is 11.8 Å². The first kappa shape index (κ1) is 21.8. The number of carbonyl (C=O) groups is 2. The molecule has 164 valence electrons. The van der Waals surface area contributed by atoms with Gasteiger partial charge >= 0.3 is 5.97 Å². The molecule has 0 radical (unpaired) electrons. The van der Waals surface area contributed by atoms with E-state index in [9.17, 15) is 14.9 Å². The number of allylic oxidation sites excluding steroid dienone is 1. The molecule has 7 nitrogen and oxygen atoms in total. The molecule has 1 unspecified atom stereocenters. The molecule has 2 heterocycles. The Bertz CT molecular complexity index is 1110. The van der Waals surface area contributed by atoms with Gasteiger partial charge < -0.3 is 14.4 Å². The van der Waals surface area contributed by atoms with Crippen molar-refractivity contribution in [1.29, 1.82) is 5.26 Å². The SMILES string of the molecule is CCOC(=O)c1cccc(N2CSC3=C(C#N)C(c4ccc(OC)cc4)CC(=O)N3C2)c1. The molecule has 1 atom stereocenters. The van der Waals surface area contributed by atoms with E-state index in [2.05, 4.69) is 6.07 Å². The number of benzene rings is 2. The number of rotatable bonds is 5. The maximum absolute atomic E-state index is 13.1. The van der Waals surface area contributed by atoms with Crippen LogP contribution in [0.4, 0.5) is 5.69 Å². The van der Waals surface area contributed by atoms with Gasteiger partial charge in [-0.2, -0.15) is 5.26 Å². The number of nitriles is 1. The van der Waals surface area contributed by atoms with E-state index in [0.717, 1.165) is 17.0 Å². The Morgan fingerprint density at radius 2 is 2.03 bits per heavy atom. The van der Waals surface area contributed by atoms with Gasteiger partial charge in [0.15, 0.2) is 0 Å². The molecule has 0 aliphatic carbocycles. The van der Waals surface area contributed by atoms with Gasteiger partial charge in [0.25, 0.3) is 0 Å². The molecule has 2 aliphatic rings. The van der Waals surface area contributed by atoms with Crippen molar-refractivity contribution in [2.45, 2.75) is 19.3 Å². The van der Waals surface area contributed by atoms with E-state index in [-0.39, 0.29) is 24.2 Å². The number of amides is 1. The van der Waals surface area contributed by atoms with Crippen molar-refractivity contribution >= 4 is 29.3 Å². The highest BCUT2D eigenvalue weighted by Crippen LogP contribution is 2.43. The minimum atomic E-state index is -0.372. The van der Waals surface area contributed by atoms with Crippen molar-refractivity contribution in [3.8, 4) is 11.8 Å². The van der Waals surface area contributed by atoms with Crippen LogP contribution in [0.1, 0.15) is 35.2 Å². The molecule has 2 aromatic rings. The lowest BCUT2D eigenvalue weighted by Gasteiger charge is -2.42. The maximum Gasteiger partial charge on any atom is 0.338 e. The van der Waals surface area contributed by atoms with Crippen LogP contribution in [0.25, 0.3) is 0 Å². The monoisotopic (exact) mass is 449 g/mol. The van der Waals surface area contributed by atoms with E-state index in [0.29, 0.717) is 35.3 Å². The average Bonchev–Trinajstić information content (AvgIpc) is 2.84. The highest BCUT2D eigenvalue weighted by molar-refractivity contribution is 8.03. The zero-order valence-electron chi connectivity index (χ0n) is 17.9. The molecule has 8 heteroatoms. The van der Waals surface area contributed by atoms with Crippen LogP contribution in [0.15, 0.2) is 59.1 Å². The van der Waals surface area contributed by atoms with Crippen LogP contribution in [0.2, 0.25) is 0 Å². The van der Waals surface area contributed by atoms with Gasteiger partial charge in [-0.3, -0.25) is 9.69 Å². The highest BCUT2D eigenvalue weighted by Gasteiger charge is 2.38. The van der Waals surface area contributed by atoms with Gasteiger partial charge in [0, 0.05) is 18.0 Å². The molecule has 1 fully saturated rings. The Hall–Kier alpha value is -3.44. The van der Waals surface area contributed by atoms with Crippen LogP contribution < -0.4 is 9.64 Å². The fraction of sp³-hybridized carbons (Fsp3) is 0.292. The summed E-state index contributed by atoms with van der Waals surface area (Å²) in [4.78, 5) is 28.9. The third kappa shape index (κ3) is 4.16. The molecule has 0 spiro atoms. The minimum Gasteiger partial charge on any atom is -0.497 e. The third-order valence-electron chi connectivity index (χ3n) is 5.53. The number of methoxy groups -OCH3 is 1. The number of hydrogen-bond donors (Lipinski definition) is 0. The molecular formula is C24H23N3O4S.